The minimum Gasteiger partial charge on any atom is -0.478 e. The number of halogens is 2. The lowest BCUT2D eigenvalue weighted by Gasteiger charge is -2.20. The summed E-state index contributed by atoms with van der Waals surface area (Å²) in [5.74, 6) is -1.01. The summed E-state index contributed by atoms with van der Waals surface area (Å²) in [6.07, 6.45) is 2.15. The van der Waals surface area contributed by atoms with Crippen LogP contribution in [0.15, 0.2) is 16.6 Å². The average molecular weight is 316 g/mol. The molecular formula is C13H15BrFNO2. The SMILES string of the molecule is CCC1CCN(c2ccc(C(=O)O)c(Br)c2F)C1. The second-order valence-electron chi connectivity index (χ2n) is 4.57. The molecule has 0 bridgehead atoms. The van der Waals surface area contributed by atoms with Crippen LogP contribution in [0.4, 0.5) is 10.1 Å². The van der Waals surface area contributed by atoms with Crippen molar-refractivity contribution in [2.75, 3.05) is 18.0 Å². The fraction of sp³-hybridized carbons (Fsp3) is 0.462. The molecule has 1 atom stereocenters. The molecule has 1 saturated heterocycles. The maximum atomic E-state index is 14.2. The normalized spacial score (nSPS) is 19.3. The summed E-state index contributed by atoms with van der Waals surface area (Å²) in [5, 5.41) is 8.92. The standard InChI is InChI=1S/C13H15BrFNO2/c1-2-8-5-6-16(7-8)10-4-3-9(13(17)18)11(14)12(10)15/h3-4,8H,2,5-7H2,1H3,(H,17,18). The lowest BCUT2D eigenvalue weighted by molar-refractivity contribution is 0.0695. The molecule has 1 fully saturated rings. The Morgan fingerprint density at radius 1 is 1.61 bits per heavy atom. The molecule has 2 rings (SSSR count). The Hall–Kier alpha value is -1.10. The van der Waals surface area contributed by atoms with Gasteiger partial charge in [-0.1, -0.05) is 13.3 Å². The van der Waals surface area contributed by atoms with Crippen LogP contribution in [-0.2, 0) is 0 Å². The molecule has 1 N–H and O–H groups in total. The maximum Gasteiger partial charge on any atom is 0.336 e. The average Bonchev–Trinajstić information content (AvgIpc) is 2.80. The van der Waals surface area contributed by atoms with Gasteiger partial charge in [-0.25, -0.2) is 9.18 Å². The molecule has 1 unspecified atom stereocenters. The zero-order chi connectivity index (χ0) is 13.3. The molecule has 1 aromatic rings. The largest absolute Gasteiger partial charge is 0.478 e. The number of hydrogen-bond acceptors (Lipinski definition) is 2. The number of anilines is 1. The molecule has 0 radical (unpaired) electrons. The summed E-state index contributed by atoms with van der Waals surface area (Å²) in [4.78, 5) is 12.9. The molecule has 98 valence electrons. The predicted molar refractivity (Wildman–Crippen MR) is 71.7 cm³/mol. The van der Waals surface area contributed by atoms with Gasteiger partial charge in [0, 0.05) is 13.1 Å². The highest BCUT2D eigenvalue weighted by Gasteiger charge is 2.25. The van der Waals surface area contributed by atoms with Crippen molar-refractivity contribution in [3.8, 4) is 0 Å². The van der Waals surface area contributed by atoms with E-state index in [1.165, 1.54) is 6.07 Å². The number of hydrogen-bond donors (Lipinski definition) is 1. The minimum atomic E-state index is -1.12. The van der Waals surface area contributed by atoms with Gasteiger partial charge in [-0.15, -0.1) is 0 Å². The van der Waals surface area contributed by atoms with Gasteiger partial charge >= 0.3 is 5.97 Å². The van der Waals surface area contributed by atoms with E-state index in [9.17, 15) is 9.18 Å². The van der Waals surface area contributed by atoms with Crippen molar-refractivity contribution in [2.24, 2.45) is 5.92 Å². The first-order valence-electron chi connectivity index (χ1n) is 6.00. The van der Waals surface area contributed by atoms with Gasteiger partial charge in [-0.3, -0.25) is 0 Å². The molecule has 18 heavy (non-hydrogen) atoms. The third-order valence-corrected chi connectivity index (χ3v) is 4.27. The monoisotopic (exact) mass is 315 g/mol. The van der Waals surface area contributed by atoms with Crippen LogP contribution in [0, 0.1) is 11.7 Å². The molecule has 1 aliphatic heterocycles. The summed E-state index contributed by atoms with van der Waals surface area (Å²) >= 11 is 3.03. The number of benzene rings is 1. The minimum absolute atomic E-state index is 0.0347. The topological polar surface area (TPSA) is 40.5 Å². The highest BCUT2D eigenvalue weighted by molar-refractivity contribution is 9.10. The first kappa shape index (κ1) is 13.3. The van der Waals surface area contributed by atoms with E-state index in [0.29, 0.717) is 11.6 Å². The van der Waals surface area contributed by atoms with Gasteiger partial charge in [0.2, 0.25) is 0 Å². The Balaban J connectivity index is 2.30. The molecule has 0 spiro atoms. The van der Waals surface area contributed by atoms with Gasteiger partial charge in [0.15, 0.2) is 5.82 Å². The first-order chi connectivity index (χ1) is 8.54. The van der Waals surface area contributed by atoms with Crippen molar-refractivity contribution in [3.63, 3.8) is 0 Å². The lowest BCUT2D eigenvalue weighted by Crippen LogP contribution is -2.21. The maximum absolute atomic E-state index is 14.2. The second-order valence-corrected chi connectivity index (χ2v) is 5.37. The zero-order valence-electron chi connectivity index (χ0n) is 10.1. The smallest absolute Gasteiger partial charge is 0.336 e. The van der Waals surface area contributed by atoms with Gasteiger partial charge in [0.25, 0.3) is 0 Å². The van der Waals surface area contributed by atoms with Crippen LogP contribution in [0.25, 0.3) is 0 Å². The van der Waals surface area contributed by atoms with E-state index in [-0.39, 0.29) is 10.0 Å². The van der Waals surface area contributed by atoms with Gasteiger partial charge < -0.3 is 10.0 Å². The van der Waals surface area contributed by atoms with Gasteiger partial charge in [-0.05, 0) is 40.4 Å². The molecule has 1 aliphatic rings. The van der Waals surface area contributed by atoms with Crippen LogP contribution < -0.4 is 4.90 Å². The van der Waals surface area contributed by atoms with Crippen molar-refractivity contribution in [1.29, 1.82) is 0 Å². The quantitative estimate of drug-likeness (QED) is 0.927. The van der Waals surface area contributed by atoms with Crippen molar-refractivity contribution >= 4 is 27.6 Å². The van der Waals surface area contributed by atoms with E-state index in [1.54, 1.807) is 6.07 Å². The number of nitrogens with zero attached hydrogens (tertiary/aromatic N) is 1. The molecule has 5 heteroatoms. The number of aromatic carboxylic acids is 1. The molecule has 0 aromatic heterocycles. The van der Waals surface area contributed by atoms with E-state index in [1.807, 2.05) is 4.90 Å². The van der Waals surface area contributed by atoms with Gasteiger partial charge in [0.1, 0.15) is 0 Å². The Bertz CT molecular complexity index is 478. The van der Waals surface area contributed by atoms with E-state index >= 15 is 0 Å². The Morgan fingerprint density at radius 3 is 2.89 bits per heavy atom. The van der Waals surface area contributed by atoms with Crippen LogP contribution >= 0.6 is 15.9 Å². The lowest BCUT2D eigenvalue weighted by atomic mass is 10.1. The predicted octanol–water partition coefficient (Wildman–Crippen LogP) is 3.52. The second kappa shape index (κ2) is 5.26. The van der Waals surface area contributed by atoms with E-state index in [2.05, 4.69) is 22.9 Å². The summed E-state index contributed by atoms with van der Waals surface area (Å²) in [6.45, 7) is 3.80. The van der Waals surface area contributed by atoms with Crippen LogP contribution in [0.5, 0.6) is 0 Å². The summed E-state index contributed by atoms with van der Waals surface area (Å²) in [6, 6.07) is 3.01. The molecule has 1 heterocycles. The third-order valence-electron chi connectivity index (χ3n) is 3.50. The van der Waals surface area contributed by atoms with Crippen LogP contribution in [0.1, 0.15) is 30.1 Å². The first-order valence-corrected chi connectivity index (χ1v) is 6.80. The molecule has 0 aliphatic carbocycles. The van der Waals surface area contributed by atoms with Crippen molar-refractivity contribution in [1.82, 2.24) is 0 Å². The molecule has 3 nitrogen and oxygen atoms in total. The van der Waals surface area contributed by atoms with Crippen molar-refractivity contribution in [2.45, 2.75) is 19.8 Å². The fourth-order valence-electron chi connectivity index (χ4n) is 2.33. The Morgan fingerprint density at radius 2 is 2.33 bits per heavy atom. The summed E-state index contributed by atoms with van der Waals surface area (Å²) < 4.78 is 14.2. The molecule has 0 amide bonds. The number of carboxylic acid groups (broad SMARTS) is 1. The Labute approximate surface area is 114 Å². The number of carbonyl (C=O) groups is 1. The van der Waals surface area contributed by atoms with Crippen LogP contribution in [0.2, 0.25) is 0 Å². The Kier molecular flexibility index (Phi) is 3.90. The van der Waals surface area contributed by atoms with Crippen LogP contribution in [-0.4, -0.2) is 24.2 Å². The number of carboxylic acids is 1. The van der Waals surface area contributed by atoms with Crippen molar-refractivity contribution < 1.29 is 14.3 Å². The molecule has 1 aromatic carbocycles. The van der Waals surface area contributed by atoms with E-state index in [0.717, 1.165) is 25.9 Å². The fourth-order valence-corrected chi connectivity index (χ4v) is 2.84. The molecular weight excluding hydrogens is 301 g/mol. The van der Waals surface area contributed by atoms with E-state index < -0.39 is 11.8 Å². The van der Waals surface area contributed by atoms with Gasteiger partial charge in [-0.2, -0.15) is 0 Å². The van der Waals surface area contributed by atoms with Crippen molar-refractivity contribution in [3.05, 3.63) is 28.0 Å². The summed E-state index contributed by atoms with van der Waals surface area (Å²) in [7, 11) is 0. The van der Waals surface area contributed by atoms with Gasteiger partial charge in [0.05, 0.1) is 15.7 Å². The third kappa shape index (κ3) is 2.36. The highest BCUT2D eigenvalue weighted by atomic mass is 79.9. The van der Waals surface area contributed by atoms with E-state index in [4.69, 9.17) is 5.11 Å². The number of rotatable bonds is 3. The zero-order valence-corrected chi connectivity index (χ0v) is 11.7. The summed E-state index contributed by atoms with van der Waals surface area (Å²) in [5.41, 5.74) is 0.449. The highest BCUT2D eigenvalue weighted by Crippen LogP contribution is 2.33. The van der Waals surface area contributed by atoms with Crippen LogP contribution in [0.3, 0.4) is 0 Å². The molecule has 0 saturated carbocycles.